The lowest BCUT2D eigenvalue weighted by molar-refractivity contribution is -0.116. The molecule has 1 atom stereocenters. The Bertz CT molecular complexity index is 1030. The molecule has 1 unspecified atom stereocenters. The molecule has 1 heterocycles. The summed E-state index contributed by atoms with van der Waals surface area (Å²) < 4.78 is 32.3. The number of anilines is 1. The predicted molar refractivity (Wildman–Crippen MR) is 103 cm³/mol. The van der Waals surface area contributed by atoms with E-state index in [9.17, 15) is 13.2 Å². The second kappa shape index (κ2) is 7.89. The van der Waals surface area contributed by atoms with E-state index in [1.54, 1.807) is 25.1 Å². The highest BCUT2D eigenvalue weighted by molar-refractivity contribution is 7.89. The van der Waals surface area contributed by atoms with Crippen LogP contribution in [0.2, 0.25) is 0 Å². The SMILES string of the molecule is CCC(C)N(CC(=O)Nc1ccon1)S(=O)(=O)c1ccc2ccccc2c1. The molecule has 0 radical (unpaired) electrons. The van der Waals surface area contributed by atoms with Crippen molar-refractivity contribution in [3.63, 3.8) is 0 Å². The minimum Gasteiger partial charge on any atom is -0.363 e. The van der Waals surface area contributed by atoms with Crippen LogP contribution in [0.5, 0.6) is 0 Å². The Morgan fingerprint density at radius 1 is 1.19 bits per heavy atom. The molecule has 1 amide bonds. The number of hydrogen-bond donors (Lipinski definition) is 1. The van der Waals surface area contributed by atoms with Crippen LogP contribution >= 0.6 is 0 Å². The van der Waals surface area contributed by atoms with Crippen LogP contribution in [0.4, 0.5) is 5.82 Å². The van der Waals surface area contributed by atoms with Crippen molar-refractivity contribution in [2.75, 3.05) is 11.9 Å². The molecule has 27 heavy (non-hydrogen) atoms. The number of carbonyl (C=O) groups is 1. The van der Waals surface area contributed by atoms with Crippen LogP contribution in [0.15, 0.2) is 64.2 Å². The van der Waals surface area contributed by atoms with Crippen LogP contribution in [0.3, 0.4) is 0 Å². The second-order valence-electron chi connectivity index (χ2n) is 6.25. The van der Waals surface area contributed by atoms with Gasteiger partial charge in [0.2, 0.25) is 15.9 Å². The summed E-state index contributed by atoms with van der Waals surface area (Å²) in [6, 6.07) is 13.7. The predicted octanol–water partition coefficient (Wildman–Crippen LogP) is 3.26. The number of benzene rings is 2. The number of hydrogen-bond acceptors (Lipinski definition) is 5. The molecule has 142 valence electrons. The topological polar surface area (TPSA) is 92.5 Å². The number of nitrogens with zero attached hydrogens (tertiary/aromatic N) is 2. The lowest BCUT2D eigenvalue weighted by Crippen LogP contribution is -2.43. The summed E-state index contributed by atoms with van der Waals surface area (Å²) in [7, 11) is -3.85. The number of sulfonamides is 1. The van der Waals surface area contributed by atoms with Crippen molar-refractivity contribution in [3.05, 3.63) is 54.8 Å². The van der Waals surface area contributed by atoms with Gasteiger partial charge >= 0.3 is 0 Å². The largest absolute Gasteiger partial charge is 0.363 e. The van der Waals surface area contributed by atoms with Crippen molar-refractivity contribution >= 4 is 32.5 Å². The van der Waals surface area contributed by atoms with Gasteiger partial charge in [-0.1, -0.05) is 42.4 Å². The molecule has 3 rings (SSSR count). The third-order valence-electron chi connectivity index (χ3n) is 4.41. The third kappa shape index (κ3) is 4.17. The lowest BCUT2D eigenvalue weighted by atomic mass is 10.1. The highest BCUT2D eigenvalue weighted by atomic mass is 32.2. The van der Waals surface area contributed by atoms with Crippen molar-refractivity contribution in [2.45, 2.75) is 31.2 Å². The molecule has 0 saturated carbocycles. The Kier molecular flexibility index (Phi) is 5.57. The van der Waals surface area contributed by atoms with Crippen molar-refractivity contribution < 1.29 is 17.7 Å². The van der Waals surface area contributed by atoms with Gasteiger partial charge in [-0.15, -0.1) is 0 Å². The molecule has 7 nitrogen and oxygen atoms in total. The van der Waals surface area contributed by atoms with Crippen molar-refractivity contribution in [1.82, 2.24) is 9.46 Å². The number of rotatable bonds is 7. The fourth-order valence-corrected chi connectivity index (χ4v) is 4.44. The van der Waals surface area contributed by atoms with Gasteiger partial charge in [0.15, 0.2) is 5.82 Å². The first-order valence-corrected chi connectivity index (χ1v) is 10.1. The number of nitrogens with one attached hydrogen (secondary N) is 1. The van der Waals surface area contributed by atoms with E-state index < -0.39 is 15.9 Å². The van der Waals surface area contributed by atoms with E-state index >= 15 is 0 Å². The van der Waals surface area contributed by atoms with Gasteiger partial charge in [-0.2, -0.15) is 4.31 Å². The zero-order valence-electron chi connectivity index (χ0n) is 15.1. The van der Waals surface area contributed by atoms with Crippen LogP contribution in [-0.4, -0.2) is 36.4 Å². The maximum Gasteiger partial charge on any atom is 0.243 e. The molecule has 0 saturated heterocycles. The Balaban J connectivity index is 1.90. The molecule has 1 N–H and O–H groups in total. The molecular weight excluding hydrogens is 366 g/mol. The number of carbonyl (C=O) groups excluding carboxylic acids is 1. The molecule has 8 heteroatoms. The zero-order chi connectivity index (χ0) is 19.4. The summed E-state index contributed by atoms with van der Waals surface area (Å²) in [6.07, 6.45) is 1.90. The smallest absolute Gasteiger partial charge is 0.243 e. The van der Waals surface area contributed by atoms with Crippen LogP contribution in [-0.2, 0) is 14.8 Å². The van der Waals surface area contributed by atoms with E-state index in [1.165, 1.54) is 16.6 Å². The van der Waals surface area contributed by atoms with E-state index in [-0.39, 0.29) is 23.3 Å². The highest BCUT2D eigenvalue weighted by Gasteiger charge is 2.30. The standard InChI is InChI=1S/C19H21N3O4S/c1-3-14(2)22(13-19(23)20-18-10-11-26-21-18)27(24,25)17-9-8-15-6-4-5-7-16(15)12-17/h4-12,14H,3,13H2,1-2H3,(H,20,21,23). The Morgan fingerprint density at radius 3 is 2.59 bits per heavy atom. The lowest BCUT2D eigenvalue weighted by Gasteiger charge is -2.27. The van der Waals surface area contributed by atoms with Gasteiger partial charge in [-0.3, -0.25) is 4.79 Å². The average molecular weight is 387 g/mol. The summed E-state index contributed by atoms with van der Waals surface area (Å²) >= 11 is 0. The van der Waals surface area contributed by atoms with Crippen molar-refractivity contribution in [2.24, 2.45) is 0 Å². The molecule has 0 spiro atoms. The van der Waals surface area contributed by atoms with Crippen molar-refractivity contribution in [3.8, 4) is 0 Å². The summed E-state index contributed by atoms with van der Waals surface area (Å²) in [4.78, 5) is 12.5. The van der Waals surface area contributed by atoms with Crippen molar-refractivity contribution in [1.29, 1.82) is 0 Å². The van der Waals surface area contributed by atoms with E-state index in [0.717, 1.165) is 10.8 Å². The van der Waals surface area contributed by atoms with Gasteiger partial charge < -0.3 is 9.84 Å². The van der Waals surface area contributed by atoms with Gasteiger partial charge in [-0.05, 0) is 36.2 Å². The van der Waals surface area contributed by atoms with Crippen LogP contribution < -0.4 is 5.32 Å². The minimum absolute atomic E-state index is 0.163. The first kappa shape index (κ1) is 19.1. The second-order valence-corrected chi connectivity index (χ2v) is 8.14. The molecule has 2 aromatic carbocycles. The first-order valence-electron chi connectivity index (χ1n) is 8.62. The van der Waals surface area contributed by atoms with Gasteiger partial charge in [-0.25, -0.2) is 8.42 Å². The summed E-state index contributed by atoms with van der Waals surface area (Å²) in [5.74, 6) is -0.235. The first-order chi connectivity index (χ1) is 12.9. The van der Waals surface area contributed by atoms with Gasteiger partial charge in [0.05, 0.1) is 11.4 Å². The molecule has 0 fully saturated rings. The van der Waals surface area contributed by atoms with Gasteiger partial charge in [0.25, 0.3) is 0 Å². The van der Waals surface area contributed by atoms with E-state index in [2.05, 4.69) is 15.0 Å². The number of amides is 1. The number of aromatic nitrogens is 1. The van der Waals surface area contributed by atoms with Crippen LogP contribution in [0.25, 0.3) is 10.8 Å². The molecule has 0 aliphatic carbocycles. The summed E-state index contributed by atoms with van der Waals surface area (Å²) in [5, 5.41) is 7.93. The molecule has 0 bridgehead atoms. The van der Waals surface area contributed by atoms with E-state index in [1.807, 2.05) is 31.2 Å². The van der Waals surface area contributed by atoms with E-state index in [0.29, 0.717) is 6.42 Å². The quantitative estimate of drug-likeness (QED) is 0.672. The third-order valence-corrected chi connectivity index (χ3v) is 6.37. The zero-order valence-corrected chi connectivity index (χ0v) is 15.9. The fourth-order valence-electron chi connectivity index (χ4n) is 2.75. The monoisotopic (exact) mass is 387 g/mol. The Hall–Kier alpha value is -2.71. The van der Waals surface area contributed by atoms with Crippen LogP contribution in [0, 0.1) is 0 Å². The Morgan fingerprint density at radius 2 is 1.93 bits per heavy atom. The summed E-state index contributed by atoms with van der Waals surface area (Å²) in [6.45, 7) is 3.35. The molecule has 0 aliphatic heterocycles. The molecular formula is C19H21N3O4S. The van der Waals surface area contributed by atoms with Gasteiger partial charge in [0.1, 0.15) is 6.26 Å². The van der Waals surface area contributed by atoms with Gasteiger partial charge in [0, 0.05) is 12.1 Å². The fraction of sp³-hybridized carbons (Fsp3) is 0.263. The summed E-state index contributed by atoms with van der Waals surface area (Å²) in [5.41, 5.74) is 0. The maximum absolute atomic E-state index is 13.2. The number of fused-ring (bicyclic) bond motifs is 1. The minimum atomic E-state index is -3.85. The van der Waals surface area contributed by atoms with E-state index in [4.69, 9.17) is 0 Å². The maximum atomic E-state index is 13.2. The molecule has 3 aromatic rings. The average Bonchev–Trinajstić information content (AvgIpc) is 3.17. The molecule has 1 aromatic heterocycles. The van der Waals surface area contributed by atoms with Crippen LogP contribution in [0.1, 0.15) is 20.3 Å². The Labute approximate surface area is 158 Å². The normalized spacial score (nSPS) is 13.0. The highest BCUT2D eigenvalue weighted by Crippen LogP contribution is 2.24. The molecule has 0 aliphatic rings.